The number of nitrogens with zero attached hydrogens (tertiary/aromatic N) is 5. The Morgan fingerprint density at radius 3 is 2.85 bits per heavy atom. The van der Waals surface area contributed by atoms with Gasteiger partial charge in [0.2, 0.25) is 17.6 Å². The summed E-state index contributed by atoms with van der Waals surface area (Å²) in [5.74, 6) is 1.81. The number of rotatable bonds is 3. The fourth-order valence-electron chi connectivity index (χ4n) is 3.83. The first kappa shape index (κ1) is 16.4. The summed E-state index contributed by atoms with van der Waals surface area (Å²) in [7, 11) is 0. The van der Waals surface area contributed by atoms with Gasteiger partial charge >= 0.3 is 0 Å². The second-order valence-corrected chi connectivity index (χ2v) is 7.44. The zero-order chi connectivity index (χ0) is 18.4. The van der Waals surface area contributed by atoms with E-state index in [0.29, 0.717) is 11.7 Å². The molecule has 27 heavy (non-hydrogen) atoms. The SMILES string of the molecule is CC(=O)N1CC(n2cc3ccc(-c4noc(C5CCNCC5)n4)cc3n2)C1. The van der Waals surface area contributed by atoms with Gasteiger partial charge in [0, 0.05) is 43.1 Å². The molecule has 0 spiro atoms. The normalized spacial score (nSPS) is 18.8. The highest BCUT2D eigenvalue weighted by molar-refractivity contribution is 5.82. The van der Waals surface area contributed by atoms with Crippen LogP contribution in [0.25, 0.3) is 22.3 Å². The van der Waals surface area contributed by atoms with E-state index < -0.39 is 0 Å². The molecular weight excluding hydrogens is 344 g/mol. The smallest absolute Gasteiger partial charge is 0.230 e. The van der Waals surface area contributed by atoms with Crippen molar-refractivity contribution in [3.8, 4) is 11.4 Å². The molecular formula is C19H22N6O2. The number of carbonyl (C=O) groups is 1. The molecule has 0 aliphatic carbocycles. The molecule has 1 aromatic carbocycles. The molecule has 8 nitrogen and oxygen atoms in total. The number of nitrogens with one attached hydrogen (secondary N) is 1. The van der Waals surface area contributed by atoms with Gasteiger partial charge in [-0.1, -0.05) is 17.3 Å². The Kier molecular flexibility index (Phi) is 3.93. The van der Waals surface area contributed by atoms with Crippen LogP contribution in [-0.2, 0) is 4.79 Å². The number of amides is 1. The first-order chi connectivity index (χ1) is 13.2. The number of carbonyl (C=O) groups excluding carboxylic acids is 1. The molecule has 0 radical (unpaired) electrons. The van der Waals surface area contributed by atoms with Gasteiger partial charge in [0.25, 0.3) is 0 Å². The lowest BCUT2D eigenvalue weighted by atomic mass is 9.98. The van der Waals surface area contributed by atoms with E-state index in [-0.39, 0.29) is 11.9 Å². The number of fused-ring (bicyclic) bond motifs is 1. The maximum absolute atomic E-state index is 11.4. The van der Waals surface area contributed by atoms with Crippen LogP contribution in [-0.4, -0.2) is 56.9 Å². The van der Waals surface area contributed by atoms with Crippen molar-refractivity contribution in [3.63, 3.8) is 0 Å². The summed E-state index contributed by atoms with van der Waals surface area (Å²) in [6.07, 6.45) is 4.10. The van der Waals surface area contributed by atoms with Crippen molar-refractivity contribution in [1.29, 1.82) is 0 Å². The number of benzene rings is 1. The van der Waals surface area contributed by atoms with E-state index in [9.17, 15) is 4.79 Å². The van der Waals surface area contributed by atoms with Gasteiger partial charge in [-0.2, -0.15) is 10.1 Å². The summed E-state index contributed by atoms with van der Waals surface area (Å²) in [6, 6.07) is 6.30. The molecule has 2 aliphatic rings. The molecule has 2 fully saturated rings. The summed E-state index contributed by atoms with van der Waals surface area (Å²) in [6.45, 7) is 5.04. The quantitative estimate of drug-likeness (QED) is 0.762. The Balaban J connectivity index is 1.37. The van der Waals surface area contributed by atoms with Crippen LogP contribution < -0.4 is 5.32 Å². The molecule has 0 unspecified atom stereocenters. The largest absolute Gasteiger partial charge is 0.339 e. The van der Waals surface area contributed by atoms with E-state index in [2.05, 4.69) is 15.5 Å². The van der Waals surface area contributed by atoms with E-state index in [4.69, 9.17) is 9.62 Å². The predicted molar refractivity (Wildman–Crippen MR) is 99.2 cm³/mol. The number of aromatic nitrogens is 4. The molecule has 2 saturated heterocycles. The van der Waals surface area contributed by atoms with Crippen molar-refractivity contribution in [2.75, 3.05) is 26.2 Å². The zero-order valence-electron chi connectivity index (χ0n) is 15.3. The summed E-state index contributed by atoms with van der Waals surface area (Å²) in [5, 5.41) is 13.3. The molecule has 2 aliphatic heterocycles. The van der Waals surface area contributed by atoms with Gasteiger partial charge in [0.1, 0.15) is 0 Å². The topological polar surface area (TPSA) is 89.1 Å². The van der Waals surface area contributed by atoms with Gasteiger partial charge in [-0.05, 0) is 32.0 Å². The molecule has 5 rings (SSSR count). The van der Waals surface area contributed by atoms with E-state index in [1.807, 2.05) is 34.0 Å². The van der Waals surface area contributed by atoms with Gasteiger partial charge < -0.3 is 14.7 Å². The van der Waals surface area contributed by atoms with Crippen molar-refractivity contribution in [2.24, 2.45) is 0 Å². The fraction of sp³-hybridized carbons (Fsp3) is 0.474. The molecule has 3 aromatic rings. The van der Waals surface area contributed by atoms with Crippen molar-refractivity contribution < 1.29 is 9.32 Å². The molecule has 8 heteroatoms. The predicted octanol–water partition coefficient (Wildman–Crippen LogP) is 1.96. The van der Waals surface area contributed by atoms with Crippen LogP contribution in [0, 0.1) is 0 Å². The maximum Gasteiger partial charge on any atom is 0.230 e. The summed E-state index contributed by atoms with van der Waals surface area (Å²) >= 11 is 0. The molecule has 2 aromatic heterocycles. The lowest BCUT2D eigenvalue weighted by molar-refractivity contribution is -0.134. The van der Waals surface area contributed by atoms with Gasteiger partial charge in [-0.25, -0.2) is 0 Å². The van der Waals surface area contributed by atoms with E-state index >= 15 is 0 Å². The zero-order valence-corrected chi connectivity index (χ0v) is 15.3. The Labute approximate surface area is 156 Å². The lowest BCUT2D eigenvalue weighted by Crippen LogP contribution is -2.49. The van der Waals surface area contributed by atoms with Crippen LogP contribution in [0.4, 0.5) is 0 Å². The van der Waals surface area contributed by atoms with Crippen molar-refractivity contribution in [1.82, 2.24) is 30.1 Å². The fourth-order valence-corrected chi connectivity index (χ4v) is 3.83. The van der Waals surface area contributed by atoms with Gasteiger partial charge in [0.05, 0.1) is 11.6 Å². The number of likely N-dealkylation sites (tertiary alicyclic amines) is 1. The Hall–Kier alpha value is -2.74. The average molecular weight is 366 g/mol. The summed E-state index contributed by atoms with van der Waals surface area (Å²) < 4.78 is 7.49. The van der Waals surface area contributed by atoms with Gasteiger partial charge in [0.15, 0.2) is 0 Å². The Morgan fingerprint density at radius 2 is 2.07 bits per heavy atom. The molecule has 1 N–H and O–H groups in total. The van der Waals surface area contributed by atoms with E-state index in [0.717, 1.165) is 61.4 Å². The first-order valence-corrected chi connectivity index (χ1v) is 9.46. The van der Waals surface area contributed by atoms with E-state index in [1.165, 1.54) is 0 Å². The molecule has 0 atom stereocenters. The maximum atomic E-state index is 11.4. The third-order valence-electron chi connectivity index (χ3n) is 5.60. The molecule has 4 heterocycles. The second-order valence-electron chi connectivity index (χ2n) is 7.44. The third kappa shape index (κ3) is 2.99. The van der Waals surface area contributed by atoms with Crippen molar-refractivity contribution in [2.45, 2.75) is 31.7 Å². The number of hydrogen-bond acceptors (Lipinski definition) is 6. The van der Waals surface area contributed by atoms with Crippen molar-refractivity contribution >= 4 is 16.8 Å². The first-order valence-electron chi connectivity index (χ1n) is 9.46. The minimum atomic E-state index is 0.118. The monoisotopic (exact) mass is 366 g/mol. The third-order valence-corrected chi connectivity index (χ3v) is 5.60. The summed E-state index contributed by atoms with van der Waals surface area (Å²) in [4.78, 5) is 17.8. The Morgan fingerprint density at radius 1 is 1.26 bits per heavy atom. The summed E-state index contributed by atoms with van der Waals surface area (Å²) in [5.41, 5.74) is 1.82. The Bertz CT molecular complexity index is 981. The van der Waals surface area contributed by atoms with Gasteiger partial charge in [-0.3, -0.25) is 9.48 Å². The molecule has 0 bridgehead atoms. The lowest BCUT2D eigenvalue weighted by Gasteiger charge is -2.38. The molecule has 0 saturated carbocycles. The minimum absolute atomic E-state index is 0.118. The highest BCUT2D eigenvalue weighted by Gasteiger charge is 2.30. The van der Waals surface area contributed by atoms with Crippen LogP contribution in [0.2, 0.25) is 0 Å². The minimum Gasteiger partial charge on any atom is -0.339 e. The number of hydrogen-bond donors (Lipinski definition) is 1. The highest BCUT2D eigenvalue weighted by atomic mass is 16.5. The van der Waals surface area contributed by atoms with Crippen LogP contribution in [0.5, 0.6) is 0 Å². The van der Waals surface area contributed by atoms with Crippen LogP contribution in [0.15, 0.2) is 28.9 Å². The molecule has 140 valence electrons. The van der Waals surface area contributed by atoms with Crippen LogP contribution >= 0.6 is 0 Å². The van der Waals surface area contributed by atoms with Gasteiger partial charge in [-0.15, -0.1) is 0 Å². The van der Waals surface area contributed by atoms with Crippen molar-refractivity contribution in [3.05, 3.63) is 30.3 Å². The standard InChI is InChI=1S/C19H22N6O2/c1-12(26)24-10-16(11-24)25-9-15-3-2-14(8-17(15)22-25)18-21-19(27-23-18)13-4-6-20-7-5-13/h2-3,8-9,13,16,20H,4-7,10-11H2,1H3. The van der Waals surface area contributed by atoms with E-state index in [1.54, 1.807) is 6.92 Å². The highest BCUT2D eigenvalue weighted by Crippen LogP contribution is 2.28. The second kappa shape index (κ2) is 6.45. The molecule has 1 amide bonds. The number of piperidine rings is 1. The average Bonchev–Trinajstić information content (AvgIpc) is 3.27. The van der Waals surface area contributed by atoms with Crippen LogP contribution in [0.3, 0.4) is 0 Å². The van der Waals surface area contributed by atoms with Crippen LogP contribution in [0.1, 0.15) is 37.6 Å².